The zero-order valence-electron chi connectivity index (χ0n) is 21.6. The molecule has 1 fully saturated rings. The molecule has 2 aromatic carbocycles. The summed E-state index contributed by atoms with van der Waals surface area (Å²) in [5, 5.41) is 34.1. The molecule has 5 rings (SSSR count). The van der Waals surface area contributed by atoms with Crippen molar-refractivity contribution >= 4 is 17.3 Å². The van der Waals surface area contributed by atoms with Crippen molar-refractivity contribution in [2.75, 3.05) is 7.11 Å². The number of aromatic hydroxyl groups is 2. The maximum Gasteiger partial charge on any atom is 0.202 e. The van der Waals surface area contributed by atoms with Gasteiger partial charge in [-0.2, -0.15) is 0 Å². The molecule has 0 spiro atoms. The fourth-order valence-corrected chi connectivity index (χ4v) is 5.78. The van der Waals surface area contributed by atoms with Crippen LogP contribution in [0.2, 0.25) is 0 Å². The number of carbonyl (C=O) groups is 3. The minimum atomic E-state index is -1.95. The number of fused-ring (bicyclic) bond motifs is 3. The Morgan fingerprint density at radius 3 is 2.42 bits per heavy atom. The van der Waals surface area contributed by atoms with E-state index in [2.05, 4.69) is 0 Å². The van der Waals surface area contributed by atoms with E-state index < -0.39 is 52.4 Å². The number of carbonyl (C=O) groups excluding carboxylic acids is 3. The van der Waals surface area contributed by atoms with Crippen LogP contribution in [0.3, 0.4) is 0 Å². The van der Waals surface area contributed by atoms with Crippen LogP contribution >= 0.6 is 0 Å². The summed E-state index contributed by atoms with van der Waals surface area (Å²) in [6, 6.07) is 4.25. The molecule has 1 heterocycles. The summed E-state index contributed by atoms with van der Waals surface area (Å²) in [6.45, 7) is 5.03. The number of phenols is 2. The minimum absolute atomic E-state index is 0.00893. The number of ketones is 3. The zero-order valence-corrected chi connectivity index (χ0v) is 21.6. The van der Waals surface area contributed by atoms with Gasteiger partial charge in [-0.15, -0.1) is 0 Å². The summed E-state index contributed by atoms with van der Waals surface area (Å²) in [6.07, 6.45) is -2.55. The molecule has 4 unspecified atom stereocenters. The molecule has 0 radical (unpaired) electrons. The van der Waals surface area contributed by atoms with Gasteiger partial charge in [0, 0.05) is 42.0 Å². The van der Waals surface area contributed by atoms with E-state index in [4.69, 9.17) is 19.9 Å². The van der Waals surface area contributed by atoms with Gasteiger partial charge in [0.05, 0.1) is 36.0 Å². The number of Topliss-reactive ketones (excluding diaryl/α,β-unsaturated/α-hetero) is 1. The Kier molecular flexibility index (Phi) is 6.34. The van der Waals surface area contributed by atoms with Crippen molar-refractivity contribution in [3.05, 3.63) is 51.6 Å². The van der Waals surface area contributed by atoms with Crippen molar-refractivity contribution in [1.82, 2.24) is 0 Å². The predicted octanol–water partition coefficient (Wildman–Crippen LogP) is 2.30. The van der Waals surface area contributed by atoms with Gasteiger partial charge >= 0.3 is 0 Å². The van der Waals surface area contributed by atoms with Gasteiger partial charge in [0.2, 0.25) is 5.78 Å². The van der Waals surface area contributed by atoms with E-state index in [-0.39, 0.29) is 64.5 Å². The second kappa shape index (κ2) is 9.16. The van der Waals surface area contributed by atoms with E-state index in [0.717, 1.165) is 0 Å². The van der Waals surface area contributed by atoms with Crippen LogP contribution in [0.1, 0.15) is 82.7 Å². The Labute approximate surface area is 219 Å². The summed E-state index contributed by atoms with van der Waals surface area (Å²) < 4.78 is 17.4. The van der Waals surface area contributed by atoms with Gasteiger partial charge in [-0.05, 0) is 25.8 Å². The van der Waals surface area contributed by atoms with Gasteiger partial charge in [-0.3, -0.25) is 14.4 Å². The Morgan fingerprint density at radius 2 is 1.79 bits per heavy atom. The summed E-state index contributed by atoms with van der Waals surface area (Å²) in [4.78, 5) is 39.7. The highest BCUT2D eigenvalue weighted by Gasteiger charge is 2.49. The third-order valence-electron chi connectivity index (χ3n) is 8.29. The van der Waals surface area contributed by atoms with E-state index in [0.29, 0.717) is 6.42 Å². The number of nitrogens with two attached hydrogens (primary N) is 1. The summed E-state index contributed by atoms with van der Waals surface area (Å²) in [7, 11) is 1.36. The Balaban J connectivity index is 1.68. The van der Waals surface area contributed by atoms with E-state index >= 15 is 0 Å². The smallest absolute Gasteiger partial charge is 0.202 e. The molecule has 0 bridgehead atoms. The molecule has 38 heavy (non-hydrogen) atoms. The van der Waals surface area contributed by atoms with Crippen molar-refractivity contribution in [3.8, 4) is 17.2 Å². The monoisotopic (exact) mass is 525 g/mol. The van der Waals surface area contributed by atoms with Crippen LogP contribution < -0.4 is 10.5 Å². The minimum Gasteiger partial charge on any atom is -0.507 e. The first-order valence-corrected chi connectivity index (χ1v) is 12.6. The van der Waals surface area contributed by atoms with Gasteiger partial charge in [0.1, 0.15) is 22.8 Å². The van der Waals surface area contributed by atoms with Crippen LogP contribution in [-0.4, -0.2) is 63.8 Å². The normalized spacial score (nSPS) is 30.3. The lowest BCUT2D eigenvalue weighted by Crippen LogP contribution is -2.49. The van der Waals surface area contributed by atoms with Crippen LogP contribution in [0.5, 0.6) is 17.2 Å². The van der Waals surface area contributed by atoms with Crippen LogP contribution in [0.25, 0.3) is 0 Å². The van der Waals surface area contributed by atoms with Crippen molar-refractivity contribution in [1.29, 1.82) is 0 Å². The van der Waals surface area contributed by atoms with Gasteiger partial charge in [-0.25, -0.2) is 0 Å². The largest absolute Gasteiger partial charge is 0.507 e. The average molecular weight is 526 g/mol. The van der Waals surface area contributed by atoms with Crippen molar-refractivity contribution in [2.24, 2.45) is 11.7 Å². The number of phenolic OH excluding ortho intramolecular Hbond substituents is 2. The second-order valence-electron chi connectivity index (χ2n) is 10.5. The van der Waals surface area contributed by atoms with Crippen molar-refractivity contribution in [2.45, 2.75) is 70.2 Å². The number of hydrogen-bond donors (Lipinski definition) is 4. The molecule has 0 aromatic heterocycles. The third kappa shape index (κ3) is 3.82. The molecule has 3 aliphatic rings. The first-order valence-electron chi connectivity index (χ1n) is 12.6. The molecule has 0 amide bonds. The van der Waals surface area contributed by atoms with Crippen LogP contribution in [-0.2, 0) is 20.7 Å². The maximum absolute atomic E-state index is 13.7. The molecular formula is C28H31NO9. The molecule has 2 aromatic rings. The molecule has 2 aliphatic carbocycles. The first-order chi connectivity index (χ1) is 17.9. The van der Waals surface area contributed by atoms with Gasteiger partial charge < -0.3 is 35.3 Å². The molecule has 1 saturated heterocycles. The number of aliphatic hydroxyl groups is 1. The van der Waals surface area contributed by atoms with Gasteiger partial charge in [0.15, 0.2) is 17.9 Å². The zero-order chi connectivity index (χ0) is 27.7. The third-order valence-corrected chi connectivity index (χ3v) is 8.29. The topological polar surface area (TPSA) is 166 Å². The van der Waals surface area contributed by atoms with E-state index in [1.807, 2.05) is 13.8 Å². The SMILES string of the molecule is COc1cccc2c1C(=O)c1c(O)c3c(c(O)c1C2=O)C[C@@](O)(C(C)=O)C[C@@H]3OC1CC(N)C(C)C(C)O1. The van der Waals surface area contributed by atoms with Gasteiger partial charge in [-0.1, -0.05) is 19.1 Å². The summed E-state index contributed by atoms with van der Waals surface area (Å²) in [5.74, 6) is -2.90. The number of hydrogen-bond acceptors (Lipinski definition) is 10. The quantitative estimate of drug-likeness (QED) is 0.371. The van der Waals surface area contributed by atoms with Crippen LogP contribution in [0.15, 0.2) is 18.2 Å². The van der Waals surface area contributed by atoms with E-state index in [1.54, 1.807) is 0 Å². The maximum atomic E-state index is 13.7. The van der Waals surface area contributed by atoms with Gasteiger partial charge in [0.25, 0.3) is 0 Å². The van der Waals surface area contributed by atoms with Crippen molar-refractivity contribution in [3.63, 3.8) is 0 Å². The highest BCUT2D eigenvalue weighted by molar-refractivity contribution is 6.31. The summed E-state index contributed by atoms with van der Waals surface area (Å²) in [5.41, 5.74) is 3.51. The number of methoxy groups -OCH3 is 1. The highest BCUT2D eigenvalue weighted by atomic mass is 16.7. The lowest BCUT2D eigenvalue weighted by Gasteiger charge is -2.42. The molecule has 10 heteroatoms. The lowest BCUT2D eigenvalue weighted by molar-refractivity contribution is -0.236. The molecule has 0 saturated carbocycles. The summed E-state index contributed by atoms with van der Waals surface area (Å²) >= 11 is 0. The number of ether oxygens (including phenoxy) is 3. The van der Waals surface area contributed by atoms with E-state index in [1.165, 1.54) is 32.2 Å². The highest BCUT2D eigenvalue weighted by Crippen LogP contribution is 2.52. The average Bonchev–Trinajstić information content (AvgIpc) is 2.87. The Morgan fingerprint density at radius 1 is 1.11 bits per heavy atom. The van der Waals surface area contributed by atoms with Crippen LogP contribution in [0, 0.1) is 5.92 Å². The molecule has 6 atom stereocenters. The molecule has 10 nitrogen and oxygen atoms in total. The van der Waals surface area contributed by atoms with Crippen molar-refractivity contribution < 1.29 is 43.9 Å². The number of rotatable bonds is 4. The second-order valence-corrected chi connectivity index (χ2v) is 10.5. The first kappa shape index (κ1) is 26.3. The Bertz CT molecular complexity index is 1360. The van der Waals surface area contributed by atoms with E-state index in [9.17, 15) is 29.7 Å². The predicted molar refractivity (Wildman–Crippen MR) is 133 cm³/mol. The number of benzene rings is 2. The fourth-order valence-electron chi connectivity index (χ4n) is 5.78. The molecular weight excluding hydrogens is 494 g/mol. The van der Waals surface area contributed by atoms with Crippen LogP contribution in [0.4, 0.5) is 0 Å². The molecule has 5 N–H and O–H groups in total. The Hall–Kier alpha value is -3.31. The molecule has 1 aliphatic heterocycles. The molecule has 202 valence electrons. The lowest BCUT2D eigenvalue weighted by atomic mass is 9.72. The fraction of sp³-hybridized carbons (Fsp3) is 0.464. The standard InChI is InChI=1S/C28H31NO9/c1-11-12(2)37-19(8-16(11)29)38-18-10-28(35,13(3)30)9-15-21(18)27(34)23-22(25(15)32)24(31)14-6-5-7-17(36-4)20(14)26(23)33/h5-7,11-12,16,18-19,32,34-35H,8-10,29H2,1-4H3/t11?,12?,16?,18-,19?,28-/m0/s1.